The van der Waals surface area contributed by atoms with E-state index >= 15 is 0 Å². The Morgan fingerprint density at radius 2 is 2.17 bits per heavy atom. The van der Waals surface area contributed by atoms with Crippen LogP contribution in [-0.4, -0.2) is 55.2 Å². The Balaban J connectivity index is 1.44. The second-order valence-corrected chi connectivity index (χ2v) is 8.26. The molecule has 5 rings (SSSR count). The zero-order chi connectivity index (χ0) is 19.8. The zero-order valence-corrected chi connectivity index (χ0v) is 16.8. The summed E-state index contributed by atoms with van der Waals surface area (Å²) in [5, 5.41) is 3.22. The van der Waals surface area contributed by atoms with E-state index in [2.05, 4.69) is 37.2 Å². The molecule has 152 valence electrons. The zero-order valence-electron chi connectivity index (χ0n) is 16.8. The van der Waals surface area contributed by atoms with Crippen LogP contribution in [0, 0.1) is 11.8 Å². The highest BCUT2D eigenvalue weighted by atomic mass is 16.5. The van der Waals surface area contributed by atoms with Gasteiger partial charge in [0, 0.05) is 50.3 Å². The summed E-state index contributed by atoms with van der Waals surface area (Å²) in [6, 6.07) is 6.32. The van der Waals surface area contributed by atoms with E-state index in [0.717, 1.165) is 44.2 Å². The molecule has 3 aliphatic rings. The fourth-order valence-corrected chi connectivity index (χ4v) is 4.57. The summed E-state index contributed by atoms with van der Waals surface area (Å²) in [6.45, 7) is 3.26. The highest BCUT2D eigenvalue weighted by Gasteiger charge is 2.42. The second kappa shape index (κ2) is 7.54. The van der Waals surface area contributed by atoms with Crippen molar-refractivity contribution in [3.63, 3.8) is 0 Å². The van der Waals surface area contributed by atoms with E-state index in [0.29, 0.717) is 5.92 Å². The smallest absolute Gasteiger partial charge is 0.225 e. The number of aromatic nitrogens is 2. The maximum absolute atomic E-state index is 13.2. The number of methoxy groups -OCH3 is 1. The number of carbonyl (C=O) groups is 1. The Labute approximate surface area is 171 Å². The number of nitrogens with one attached hydrogen (secondary N) is 1. The minimum absolute atomic E-state index is 0.0749. The number of rotatable bonds is 5. The number of hydrogen-bond acceptors (Lipinski definition) is 6. The summed E-state index contributed by atoms with van der Waals surface area (Å²) < 4.78 is 5.46. The van der Waals surface area contributed by atoms with Gasteiger partial charge >= 0.3 is 0 Å². The van der Waals surface area contributed by atoms with Crippen LogP contribution in [0.2, 0.25) is 0 Å². The van der Waals surface area contributed by atoms with Gasteiger partial charge in [-0.2, -0.15) is 0 Å². The molecule has 0 unspecified atom stereocenters. The standard InChI is InChI=1S/C22H27N5O2/c1-29-17-5-4-16-10-18(22(28)25-12-15-2-3-15)20-14-26(21-13-23-6-7-24-21)8-9-27(20)19(16)11-17/h4-7,11,13,15,18,20H,2-3,8-10,12,14H2,1H3,(H,25,28)/t18-,20+/m0/s1. The Bertz CT molecular complexity index is 886. The van der Waals surface area contributed by atoms with Crippen LogP contribution in [0.3, 0.4) is 0 Å². The highest BCUT2D eigenvalue weighted by Crippen LogP contribution is 2.39. The maximum atomic E-state index is 13.2. The monoisotopic (exact) mass is 393 g/mol. The largest absolute Gasteiger partial charge is 0.497 e. The molecular weight excluding hydrogens is 366 g/mol. The maximum Gasteiger partial charge on any atom is 0.225 e. The van der Waals surface area contributed by atoms with Gasteiger partial charge in [-0.3, -0.25) is 9.78 Å². The molecule has 0 radical (unpaired) electrons. The lowest BCUT2D eigenvalue weighted by atomic mass is 9.83. The molecular formula is C22H27N5O2. The van der Waals surface area contributed by atoms with E-state index in [-0.39, 0.29) is 17.9 Å². The third-order valence-corrected chi connectivity index (χ3v) is 6.40. The van der Waals surface area contributed by atoms with Crippen LogP contribution in [0.1, 0.15) is 18.4 Å². The van der Waals surface area contributed by atoms with E-state index in [9.17, 15) is 4.79 Å². The Morgan fingerprint density at radius 3 is 2.93 bits per heavy atom. The van der Waals surface area contributed by atoms with Crippen molar-refractivity contribution in [3.8, 4) is 5.75 Å². The van der Waals surface area contributed by atoms with Gasteiger partial charge in [0.2, 0.25) is 5.91 Å². The number of nitrogens with zero attached hydrogens (tertiary/aromatic N) is 4. The lowest BCUT2D eigenvalue weighted by Crippen LogP contribution is -2.61. The van der Waals surface area contributed by atoms with Crippen LogP contribution < -0.4 is 19.9 Å². The quantitative estimate of drug-likeness (QED) is 0.836. The molecule has 2 aromatic rings. The van der Waals surface area contributed by atoms with E-state index in [4.69, 9.17) is 4.74 Å². The first-order valence-corrected chi connectivity index (χ1v) is 10.4. The van der Waals surface area contributed by atoms with Crippen LogP contribution in [0.5, 0.6) is 5.75 Å². The van der Waals surface area contributed by atoms with Gasteiger partial charge < -0.3 is 19.9 Å². The minimum Gasteiger partial charge on any atom is -0.497 e. The number of benzene rings is 1. The minimum atomic E-state index is -0.0749. The molecule has 1 aromatic heterocycles. The Hall–Kier alpha value is -2.83. The van der Waals surface area contributed by atoms with Crippen LogP contribution in [0.15, 0.2) is 36.8 Å². The van der Waals surface area contributed by atoms with Gasteiger partial charge in [0.1, 0.15) is 11.6 Å². The average molecular weight is 393 g/mol. The SMILES string of the molecule is COc1ccc2c(c1)N1CCN(c3cnccn3)C[C@@H]1[C@@H](C(=O)NCC1CC1)C2. The fraction of sp³-hybridized carbons (Fsp3) is 0.500. The predicted octanol–water partition coefficient (Wildman–Crippen LogP) is 1.88. The van der Waals surface area contributed by atoms with Gasteiger partial charge in [0.25, 0.3) is 0 Å². The summed E-state index contributed by atoms with van der Waals surface area (Å²) >= 11 is 0. The number of fused-ring (bicyclic) bond motifs is 3. The van der Waals surface area contributed by atoms with Gasteiger partial charge in [0.15, 0.2) is 0 Å². The number of ether oxygens (including phenoxy) is 1. The molecule has 3 heterocycles. The molecule has 0 bridgehead atoms. The van der Waals surface area contributed by atoms with E-state index in [1.165, 1.54) is 24.1 Å². The molecule has 1 saturated carbocycles. The number of anilines is 2. The van der Waals surface area contributed by atoms with Crippen molar-refractivity contribution in [2.45, 2.75) is 25.3 Å². The van der Waals surface area contributed by atoms with Crippen LogP contribution in [-0.2, 0) is 11.2 Å². The van der Waals surface area contributed by atoms with Gasteiger partial charge in [-0.1, -0.05) is 6.07 Å². The predicted molar refractivity (Wildman–Crippen MR) is 111 cm³/mol. The number of carbonyl (C=O) groups excluding carboxylic acids is 1. The molecule has 1 amide bonds. The van der Waals surface area contributed by atoms with Crippen molar-refractivity contribution >= 4 is 17.4 Å². The Kier molecular flexibility index (Phi) is 4.73. The summed E-state index contributed by atoms with van der Waals surface area (Å²) in [4.78, 5) is 26.5. The molecule has 7 heteroatoms. The molecule has 7 nitrogen and oxygen atoms in total. The van der Waals surface area contributed by atoms with E-state index in [1.54, 1.807) is 25.7 Å². The van der Waals surface area contributed by atoms with Gasteiger partial charge in [0.05, 0.1) is 25.3 Å². The number of hydrogen-bond donors (Lipinski definition) is 1. The molecule has 2 atom stereocenters. The molecule has 29 heavy (non-hydrogen) atoms. The van der Waals surface area contributed by atoms with Crippen molar-refractivity contribution in [3.05, 3.63) is 42.4 Å². The lowest BCUT2D eigenvalue weighted by Gasteiger charge is -2.49. The van der Waals surface area contributed by atoms with E-state index in [1.807, 2.05) is 6.07 Å². The van der Waals surface area contributed by atoms with Crippen molar-refractivity contribution < 1.29 is 9.53 Å². The normalized spacial score (nSPS) is 23.2. The summed E-state index contributed by atoms with van der Waals surface area (Å²) in [5.74, 6) is 2.51. The van der Waals surface area contributed by atoms with Crippen molar-refractivity contribution in [1.82, 2.24) is 15.3 Å². The topological polar surface area (TPSA) is 70.6 Å². The summed E-state index contributed by atoms with van der Waals surface area (Å²) in [7, 11) is 1.70. The molecule has 1 aromatic carbocycles. The van der Waals surface area contributed by atoms with Crippen molar-refractivity contribution in [1.29, 1.82) is 0 Å². The number of piperazine rings is 1. The first-order chi connectivity index (χ1) is 14.2. The molecule has 2 aliphatic heterocycles. The second-order valence-electron chi connectivity index (χ2n) is 8.26. The molecule has 0 spiro atoms. The Morgan fingerprint density at radius 1 is 1.28 bits per heavy atom. The lowest BCUT2D eigenvalue weighted by molar-refractivity contribution is -0.125. The van der Waals surface area contributed by atoms with Crippen LogP contribution in [0.25, 0.3) is 0 Å². The van der Waals surface area contributed by atoms with E-state index < -0.39 is 0 Å². The average Bonchev–Trinajstić information content (AvgIpc) is 3.61. The molecule has 1 saturated heterocycles. The summed E-state index contributed by atoms with van der Waals surface area (Å²) in [6.07, 6.45) is 8.45. The van der Waals surface area contributed by atoms with Crippen LogP contribution >= 0.6 is 0 Å². The third-order valence-electron chi connectivity index (χ3n) is 6.40. The van der Waals surface area contributed by atoms with Gasteiger partial charge in [-0.05, 0) is 36.8 Å². The molecule has 1 aliphatic carbocycles. The third kappa shape index (κ3) is 3.61. The van der Waals surface area contributed by atoms with Crippen LogP contribution in [0.4, 0.5) is 11.5 Å². The summed E-state index contributed by atoms with van der Waals surface area (Å²) in [5.41, 5.74) is 2.42. The first-order valence-electron chi connectivity index (χ1n) is 10.4. The molecule has 1 N–H and O–H groups in total. The number of amides is 1. The van der Waals surface area contributed by atoms with Crippen molar-refractivity contribution in [2.75, 3.05) is 43.1 Å². The van der Waals surface area contributed by atoms with Gasteiger partial charge in [-0.15, -0.1) is 0 Å². The highest BCUT2D eigenvalue weighted by molar-refractivity contribution is 5.82. The fourth-order valence-electron chi connectivity index (χ4n) is 4.57. The van der Waals surface area contributed by atoms with Gasteiger partial charge in [-0.25, -0.2) is 4.98 Å². The first kappa shape index (κ1) is 18.2. The van der Waals surface area contributed by atoms with Crippen molar-refractivity contribution in [2.24, 2.45) is 11.8 Å². The molecule has 2 fully saturated rings.